The molecule has 6 nitrogen and oxygen atoms in total. The van der Waals surface area contributed by atoms with Crippen LogP contribution < -0.4 is 11.1 Å². The molecule has 0 aliphatic heterocycles. The Labute approximate surface area is 125 Å². The van der Waals surface area contributed by atoms with Crippen LogP contribution in [0.2, 0.25) is 0 Å². The number of carbonyl (C=O) groups excluding carboxylic acids is 1. The monoisotopic (exact) mass is 299 g/mol. The maximum atomic E-state index is 12.2. The molecule has 0 saturated heterocycles. The van der Waals surface area contributed by atoms with Crippen LogP contribution in [0.3, 0.4) is 0 Å². The highest BCUT2D eigenvalue weighted by molar-refractivity contribution is 7.21. The second-order valence-electron chi connectivity index (χ2n) is 4.38. The van der Waals surface area contributed by atoms with Crippen molar-refractivity contribution in [2.24, 2.45) is 0 Å². The molecule has 0 spiro atoms. The number of hydrogen-bond donors (Lipinski definition) is 2. The van der Waals surface area contributed by atoms with Crippen molar-refractivity contribution in [2.45, 2.75) is 6.42 Å². The number of nitrogens with one attached hydrogen (secondary N) is 1. The van der Waals surface area contributed by atoms with Gasteiger partial charge in [-0.2, -0.15) is 0 Å². The van der Waals surface area contributed by atoms with E-state index < -0.39 is 0 Å². The van der Waals surface area contributed by atoms with Crippen LogP contribution in [0.4, 0.5) is 5.69 Å². The summed E-state index contributed by atoms with van der Waals surface area (Å²) < 4.78 is 0. The van der Waals surface area contributed by atoms with Crippen LogP contribution in [-0.2, 0) is 6.42 Å². The number of pyridine rings is 1. The lowest BCUT2D eigenvalue weighted by molar-refractivity contribution is 0.0959. The summed E-state index contributed by atoms with van der Waals surface area (Å²) in [5.74, 6) is -0.201. The average Bonchev–Trinajstić information content (AvgIpc) is 2.86. The molecule has 0 atom stereocenters. The van der Waals surface area contributed by atoms with E-state index in [2.05, 4.69) is 20.3 Å². The number of nitrogens with zero attached hydrogens (tertiary/aromatic N) is 3. The Morgan fingerprint density at radius 1 is 1.19 bits per heavy atom. The molecular weight excluding hydrogens is 286 g/mol. The molecule has 3 aromatic rings. The van der Waals surface area contributed by atoms with E-state index in [0.29, 0.717) is 33.9 Å². The fourth-order valence-corrected chi connectivity index (χ4v) is 2.88. The zero-order valence-electron chi connectivity index (χ0n) is 11.1. The van der Waals surface area contributed by atoms with E-state index in [1.807, 2.05) is 18.2 Å². The molecule has 0 aromatic carbocycles. The van der Waals surface area contributed by atoms with Gasteiger partial charge in [0, 0.05) is 37.3 Å². The number of carbonyl (C=O) groups is 1. The minimum atomic E-state index is -0.201. The molecule has 3 heterocycles. The third-order valence-electron chi connectivity index (χ3n) is 2.96. The number of rotatable bonds is 4. The van der Waals surface area contributed by atoms with Crippen molar-refractivity contribution >= 4 is 33.3 Å². The first-order chi connectivity index (χ1) is 10.3. The van der Waals surface area contributed by atoms with Gasteiger partial charge in [-0.05, 0) is 12.1 Å². The SMILES string of the molecule is Nc1c(C(=O)NCCc2ccccn2)sc2nccnc12. The number of fused-ring (bicyclic) bond motifs is 1. The van der Waals surface area contributed by atoms with Gasteiger partial charge in [0.2, 0.25) is 0 Å². The van der Waals surface area contributed by atoms with Crippen LogP contribution in [-0.4, -0.2) is 27.4 Å². The van der Waals surface area contributed by atoms with Gasteiger partial charge in [-0.15, -0.1) is 11.3 Å². The van der Waals surface area contributed by atoms with E-state index in [-0.39, 0.29) is 5.91 Å². The minimum Gasteiger partial charge on any atom is -0.396 e. The number of anilines is 1. The van der Waals surface area contributed by atoms with Crippen LogP contribution in [0.15, 0.2) is 36.8 Å². The molecule has 0 aliphatic rings. The molecule has 3 N–H and O–H groups in total. The van der Waals surface area contributed by atoms with Gasteiger partial charge in [-0.25, -0.2) is 9.97 Å². The van der Waals surface area contributed by atoms with E-state index in [0.717, 1.165) is 5.69 Å². The van der Waals surface area contributed by atoms with Gasteiger partial charge in [0.15, 0.2) is 0 Å². The normalized spacial score (nSPS) is 10.7. The van der Waals surface area contributed by atoms with Crippen molar-refractivity contribution in [2.75, 3.05) is 12.3 Å². The maximum absolute atomic E-state index is 12.2. The number of amides is 1. The lowest BCUT2D eigenvalue weighted by atomic mass is 10.2. The Balaban J connectivity index is 1.68. The highest BCUT2D eigenvalue weighted by atomic mass is 32.1. The van der Waals surface area contributed by atoms with E-state index in [1.165, 1.54) is 11.3 Å². The molecular formula is C14H13N5OS. The Bertz CT molecular complexity index is 771. The smallest absolute Gasteiger partial charge is 0.263 e. The molecule has 21 heavy (non-hydrogen) atoms. The highest BCUT2D eigenvalue weighted by Crippen LogP contribution is 2.30. The van der Waals surface area contributed by atoms with Crippen molar-refractivity contribution < 1.29 is 4.79 Å². The van der Waals surface area contributed by atoms with Gasteiger partial charge in [0.1, 0.15) is 15.2 Å². The number of aromatic nitrogens is 3. The molecule has 0 bridgehead atoms. The number of hydrogen-bond acceptors (Lipinski definition) is 6. The summed E-state index contributed by atoms with van der Waals surface area (Å²) in [7, 11) is 0. The van der Waals surface area contributed by atoms with Gasteiger partial charge in [-0.3, -0.25) is 9.78 Å². The zero-order chi connectivity index (χ0) is 14.7. The first kappa shape index (κ1) is 13.4. The van der Waals surface area contributed by atoms with Gasteiger partial charge >= 0.3 is 0 Å². The summed E-state index contributed by atoms with van der Waals surface area (Å²) in [6, 6.07) is 5.71. The summed E-state index contributed by atoms with van der Waals surface area (Å²) in [4.78, 5) is 25.8. The molecule has 0 fully saturated rings. The Hall–Kier alpha value is -2.54. The van der Waals surface area contributed by atoms with E-state index in [1.54, 1.807) is 18.6 Å². The van der Waals surface area contributed by atoms with E-state index in [4.69, 9.17) is 5.73 Å². The molecule has 0 radical (unpaired) electrons. The van der Waals surface area contributed by atoms with E-state index >= 15 is 0 Å². The van der Waals surface area contributed by atoms with Crippen molar-refractivity contribution in [3.8, 4) is 0 Å². The lowest BCUT2D eigenvalue weighted by Gasteiger charge is -2.03. The van der Waals surface area contributed by atoms with Crippen LogP contribution in [0.25, 0.3) is 10.3 Å². The third-order valence-corrected chi connectivity index (χ3v) is 4.06. The first-order valence-corrected chi connectivity index (χ1v) is 7.24. The van der Waals surface area contributed by atoms with Crippen LogP contribution in [0, 0.1) is 0 Å². The van der Waals surface area contributed by atoms with Crippen molar-refractivity contribution in [3.05, 3.63) is 47.4 Å². The molecule has 7 heteroatoms. The highest BCUT2D eigenvalue weighted by Gasteiger charge is 2.17. The molecule has 0 aliphatic carbocycles. The zero-order valence-corrected chi connectivity index (χ0v) is 11.9. The Morgan fingerprint density at radius 3 is 2.81 bits per heavy atom. The largest absolute Gasteiger partial charge is 0.396 e. The van der Waals surface area contributed by atoms with Gasteiger partial charge in [0.25, 0.3) is 5.91 Å². The van der Waals surface area contributed by atoms with Crippen molar-refractivity contribution in [1.82, 2.24) is 20.3 Å². The second kappa shape index (κ2) is 5.84. The van der Waals surface area contributed by atoms with Crippen LogP contribution in [0.5, 0.6) is 0 Å². The second-order valence-corrected chi connectivity index (χ2v) is 5.38. The number of nitrogen functional groups attached to an aromatic ring is 1. The maximum Gasteiger partial charge on any atom is 0.263 e. The van der Waals surface area contributed by atoms with Gasteiger partial charge in [-0.1, -0.05) is 6.07 Å². The summed E-state index contributed by atoms with van der Waals surface area (Å²) in [6.07, 6.45) is 5.56. The Kier molecular flexibility index (Phi) is 3.74. The molecule has 0 unspecified atom stereocenters. The third kappa shape index (κ3) is 2.82. The lowest BCUT2D eigenvalue weighted by Crippen LogP contribution is -2.25. The standard InChI is InChI=1S/C14H13N5OS/c15-10-11-14(19-8-7-17-11)21-12(10)13(20)18-6-4-9-3-1-2-5-16-9/h1-3,5,7-8H,4,6,15H2,(H,18,20). The van der Waals surface area contributed by atoms with Crippen LogP contribution in [0.1, 0.15) is 15.4 Å². The minimum absolute atomic E-state index is 0.201. The topological polar surface area (TPSA) is 93.8 Å². The van der Waals surface area contributed by atoms with E-state index in [9.17, 15) is 4.79 Å². The van der Waals surface area contributed by atoms with Gasteiger partial charge in [0.05, 0.1) is 5.69 Å². The molecule has 3 aromatic heterocycles. The molecule has 1 amide bonds. The Morgan fingerprint density at radius 2 is 2.05 bits per heavy atom. The predicted molar refractivity (Wildman–Crippen MR) is 82.1 cm³/mol. The van der Waals surface area contributed by atoms with Gasteiger partial charge < -0.3 is 11.1 Å². The first-order valence-electron chi connectivity index (χ1n) is 6.43. The summed E-state index contributed by atoms with van der Waals surface area (Å²) >= 11 is 1.25. The molecule has 3 rings (SSSR count). The summed E-state index contributed by atoms with van der Waals surface area (Å²) in [5.41, 5.74) is 7.86. The van der Waals surface area contributed by atoms with Crippen LogP contribution >= 0.6 is 11.3 Å². The number of thiophene rings is 1. The summed E-state index contributed by atoms with van der Waals surface area (Å²) in [6.45, 7) is 0.504. The fourth-order valence-electron chi connectivity index (χ4n) is 1.94. The number of nitrogens with two attached hydrogens (primary N) is 1. The molecule has 106 valence electrons. The fraction of sp³-hybridized carbons (Fsp3) is 0.143. The molecule has 0 saturated carbocycles. The van der Waals surface area contributed by atoms with Crippen molar-refractivity contribution in [1.29, 1.82) is 0 Å². The summed E-state index contributed by atoms with van der Waals surface area (Å²) in [5, 5.41) is 2.85. The average molecular weight is 299 g/mol. The predicted octanol–water partition coefficient (Wildman–Crippen LogP) is 1.64. The van der Waals surface area contributed by atoms with Crippen molar-refractivity contribution in [3.63, 3.8) is 0 Å². The quantitative estimate of drug-likeness (QED) is 0.764.